The Hall–Kier alpha value is -3.24. The van der Waals surface area contributed by atoms with Gasteiger partial charge in [0, 0.05) is 86.6 Å². The number of ether oxygens (including phenoxy) is 1. The third-order valence-electron chi connectivity index (χ3n) is 9.18. The van der Waals surface area contributed by atoms with E-state index in [9.17, 15) is 0 Å². The van der Waals surface area contributed by atoms with Crippen molar-refractivity contribution in [3.05, 3.63) is 48.4 Å². The molecule has 2 fully saturated rings. The zero-order valence-electron chi connectivity index (χ0n) is 27.9. The van der Waals surface area contributed by atoms with E-state index in [2.05, 4.69) is 85.8 Å². The van der Waals surface area contributed by atoms with Crippen molar-refractivity contribution in [2.45, 2.75) is 37.1 Å². The molecule has 0 saturated carbocycles. The summed E-state index contributed by atoms with van der Waals surface area (Å²) in [5.74, 6) is 2.05. The van der Waals surface area contributed by atoms with E-state index in [1.807, 2.05) is 18.5 Å². The lowest BCUT2D eigenvalue weighted by atomic mass is 9.99. The van der Waals surface area contributed by atoms with Crippen molar-refractivity contribution in [1.82, 2.24) is 29.7 Å². The molecule has 0 atom stereocenters. The number of aromatic nitrogens is 4. The Balaban J connectivity index is 1.23. The normalized spacial score (nSPS) is 16.7. The monoisotopic (exact) mass is 659 g/mol. The van der Waals surface area contributed by atoms with Gasteiger partial charge in [0.05, 0.1) is 28.7 Å². The summed E-state index contributed by atoms with van der Waals surface area (Å²) in [6.07, 6.45) is 10.7. The van der Waals surface area contributed by atoms with E-state index < -0.39 is 7.92 Å². The van der Waals surface area contributed by atoms with Crippen molar-refractivity contribution in [2.75, 3.05) is 88.5 Å². The van der Waals surface area contributed by atoms with Gasteiger partial charge >= 0.3 is 0 Å². The van der Waals surface area contributed by atoms with Crippen LogP contribution in [-0.2, 0) is 6.42 Å². The number of rotatable bonds is 10. The number of thioether (sulfide) groups is 1. The van der Waals surface area contributed by atoms with Crippen LogP contribution >= 0.6 is 19.7 Å². The summed E-state index contributed by atoms with van der Waals surface area (Å²) < 4.78 is 5.94. The second-order valence-corrected chi connectivity index (χ2v) is 15.3. The van der Waals surface area contributed by atoms with Gasteiger partial charge in [0.1, 0.15) is 11.6 Å². The zero-order valence-corrected chi connectivity index (χ0v) is 29.6. The summed E-state index contributed by atoms with van der Waals surface area (Å²) in [6, 6.07) is 9.18. The fourth-order valence-electron chi connectivity index (χ4n) is 6.61. The first-order valence-corrected chi connectivity index (χ1v) is 19.6. The van der Waals surface area contributed by atoms with E-state index in [0.717, 1.165) is 58.4 Å². The molecule has 0 amide bonds. The van der Waals surface area contributed by atoms with Gasteiger partial charge in [-0.1, -0.05) is 14.8 Å². The third-order valence-corrected chi connectivity index (χ3v) is 11.3. The van der Waals surface area contributed by atoms with Crippen LogP contribution in [0, 0.1) is 0 Å². The number of nitrogens with one attached hydrogen (secondary N) is 2. The minimum Gasteiger partial charge on any atom is -0.494 e. The fraction of sp³-hybridized carbons (Fsp3) is 0.471. The molecule has 10 nitrogen and oxygen atoms in total. The smallest absolute Gasteiger partial charge is 0.229 e. The highest BCUT2D eigenvalue weighted by Gasteiger charge is 2.28. The highest BCUT2D eigenvalue weighted by molar-refractivity contribution is 7.98. The van der Waals surface area contributed by atoms with Crippen LogP contribution in [0.5, 0.6) is 5.75 Å². The second kappa shape index (κ2) is 14.7. The Kier molecular flexibility index (Phi) is 10.4. The van der Waals surface area contributed by atoms with Crippen LogP contribution in [0.4, 0.5) is 28.8 Å². The molecule has 0 aliphatic carbocycles. The van der Waals surface area contributed by atoms with Gasteiger partial charge < -0.3 is 25.2 Å². The molecule has 4 heterocycles. The second-order valence-electron chi connectivity index (χ2n) is 12.2. The lowest BCUT2D eigenvalue weighted by Crippen LogP contribution is -2.52. The van der Waals surface area contributed by atoms with Crippen LogP contribution in [0.1, 0.15) is 25.3 Å². The molecule has 2 aromatic heterocycles. The van der Waals surface area contributed by atoms with E-state index in [4.69, 9.17) is 9.72 Å². The molecule has 46 heavy (non-hydrogen) atoms. The zero-order chi connectivity index (χ0) is 32.2. The maximum Gasteiger partial charge on any atom is 0.229 e. The summed E-state index contributed by atoms with van der Waals surface area (Å²) in [5, 5.41) is 8.28. The minimum absolute atomic E-state index is 0.458. The van der Waals surface area contributed by atoms with Crippen molar-refractivity contribution in [3.63, 3.8) is 0 Å². The van der Waals surface area contributed by atoms with Gasteiger partial charge in [-0.15, -0.1) is 11.8 Å². The molecular formula is C34H46N9OPS. The lowest BCUT2D eigenvalue weighted by molar-refractivity contribution is 0.0982. The average molecular weight is 660 g/mol. The van der Waals surface area contributed by atoms with Crippen molar-refractivity contribution in [3.8, 4) is 5.75 Å². The molecule has 6 rings (SSSR count). The van der Waals surface area contributed by atoms with E-state index >= 15 is 0 Å². The Labute approximate surface area is 278 Å². The molecule has 0 spiro atoms. The van der Waals surface area contributed by atoms with Gasteiger partial charge in [-0.2, -0.15) is 4.98 Å². The molecular weight excluding hydrogens is 613 g/mol. The largest absolute Gasteiger partial charge is 0.494 e. The number of piperazine rings is 1. The Morgan fingerprint density at radius 2 is 1.72 bits per heavy atom. The molecule has 244 valence electrons. The van der Waals surface area contributed by atoms with Crippen LogP contribution in [0.15, 0.2) is 47.8 Å². The van der Waals surface area contributed by atoms with Crippen LogP contribution < -0.4 is 25.6 Å². The van der Waals surface area contributed by atoms with Crippen LogP contribution in [-0.4, -0.2) is 109 Å². The van der Waals surface area contributed by atoms with E-state index in [0.29, 0.717) is 12.0 Å². The maximum absolute atomic E-state index is 5.94. The molecule has 2 aromatic carbocycles. The van der Waals surface area contributed by atoms with E-state index in [-0.39, 0.29) is 0 Å². The van der Waals surface area contributed by atoms with Crippen LogP contribution in [0.2, 0.25) is 0 Å². The summed E-state index contributed by atoms with van der Waals surface area (Å²) in [7, 11) is 3.50. The summed E-state index contributed by atoms with van der Waals surface area (Å²) in [5.41, 5.74) is 6.26. The average Bonchev–Trinajstić information content (AvgIpc) is 3.08. The highest BCUT2D eigenvalue weighted by atomic mass is 32.2. The molecule has 4 aromatic rings. The van der Waals surface area contributed by atoms with Crippen LogP contribution in [0.25, 0.3) is 11.0 Å². The van der Waals surface area contributed by atoms with Gasteiger partial charge in [-0.05, 0) is 69.7 Å². The summed E-state index contributed by atoms with van der Waals surface area (Å²) in [6.45, 7) is 13.5. The number of hydrogen-bond donors (Lipinski definition) is 2. The fourth-order valence-corrected chi connectivity index (χ4v) is 8.27. The first-order valence-electron chi connectivity index (χ1n) is 16.1. The summed E-state index contributed by atoms with van der Waals surface area (Å²) in [4.78, 5) is 27.5. The minimum atomic E-state index is -0.458. The first-order chi connectivity index (χ1) is 22.4. The predicted molar refractivity (Wildman–Crippen MR) is 195 cm³/mol. The number of fused-ring (bicyclic) bond motifs is 1. The SMILES string of the molecule is CCc1cc(Nc2ncc(SC)c(Nc3ccc4nccnc4c3P(C)C)n2)c(OC)cc1N1CCC(N2CCN(C)CC2)CC1. The van der Waals surface area contributed by atoms with Crippen molar-refractivity contribution in [1.29, 1.82) is 0 Å². The predicted octanol–water partition coefficient (Wildman–Crippen LogP) is 5.78. The molecule has 2 saturated heterocycles. The number of methoxy groups -OCH3 is 1. The molecule has 12 heteroatoms. The van der Waals surface area contributed by atoms with Gasteiger partial charge in [-0.25, -0.2) is 4.98 Å². The number of likely N-dealkylation sites (N-methyl/N-ethyl adjacent to an activating group) is 1. The highest BCUT2D eigenvalue weighted by Crippen LogP contribution is 2.38. The number of anilines is 5. The Morgan fingerprint density at radius 3 is 2.41 bits per heavy atom. The van der Waals surface area contributed by atoms with Crippen molar-refractivity contribution >= 4 is 64.8 Å². The standard InChI is InChI=1S/C34H46N9OPS/c1-7-23-20-27(29(44-3)21-28(23)43-14-10-24(11-15-43)42-18-16-41(2)17-19-42)39-34-37-22-30(46-6)33(40-34)38-26-9-8-25-31(32(26)45(4)5)36-13-12-35-25/h8-9,12-13,20-22,24H,7,10-11,14-19H2,1-6H3,(H2,37,38,39,40). The van der Waals surface area contributed by atoms with Gasteiger partial charge in [-0.3, -0.25) is 14.9 Å². The number of hydrogen-bond acceptors (Lipinski definition) is 11. The Bertz CT molecular complexity index is 1660. The molecule has 2 aliphatic rings. The van der Waals surface area contributed by atoms with Gasteiger partial charge in [0.2, 0.25) is 5.95 Å². The van der Waals surface area contributed by atoms with Crippen LogP contribution in [0.3, 0.4) is 0 Å². The number of aryl methyl sites for hydroxylation is 1. The van der Waals surface area contributed by atoms with Gasteiger partial charge in [0.15, 0.2) is 0 Å². The number of benzene rings is 2. The molecule has 0 radical (unpaired) electrons. The van der Waals surface area contributed by atoms with Gasteiger partial charge in [0.25, 0.3) is 0 Å². The van der Waals surface area contributed by atoms with Crippen molar-refractivity contribution < 1.29 is 4.74 Å². The topological polar surface area (TPSA) is 94.6 Å². The molecule has 2 N–H and O–H groups in total. The summed E-state index contributed by atoms with van der Waals surface area (Å²) >= 11 is 1.61. The Morgan fingerprint density at radius 1 is 0.957 bits per heavy atom. The first kappa shape index (κ1) is 32.7. The quantitative estimate of drug-likeness (QED) is 0.160. The number of nitrogens with zero attached hydrogens (tertiary/aromatic N) is 7. The van der Waals surface area contributed by atoms with E-state index in [1.165, 1.54) is 55.6 Å². The molecule has 0 unspecified atom stereocenters. The number of piperidine rings is 1. The van der Waals surface area contributed by atoms with E-state index in [1.54, 1.807) is 31.3 Å². The third kappa shape index (κ3) is 7.03. The maximum atomic E-state index is 5.94. The molecule has 0 bridgehead atoms. The molecule has 2 aliphatic heterocycles. The van der Waals surface area contributed by atoms with Crippen molar-refractivity contribution in [2.24, 2.45) is 0 Å². The lowest BCUT2D eigenvalue weighted by Gasteiger charge is -2.43.